The third kappa shape index (κ3) is 5.77. The number of alkyl halides is 3. The standard InChI is InChI=1S/C23H16Cl2F3N5OS/c1-13(21(34)30-19-12-15(23(26,27)28)2-7-18(19)25)35-22-32-31-20(14-8-10-29-11-9-14)33(22)17-5-3-16(24)4-6-17/h2-13H,1H3,(H,30,34). The molecule has 12 heteroatoms. The van der Waals surface area contributed by atoms with Gasteiger partial charge in [0.05, 0.1) is 21.5 Å². The molecule has 0 aliphatic carbocycles. The molecule has 6 nitrogen and oxygen atoms in total. The molecule has 2 aromatic heterocycles. The van der Waals surface area contributed by atoms with Crippen LogP contribution in [0.5, 0.6) is 0 Å². The van der Waals surface area contributed by atoms with E-state index in [1.165, 1.54) is 0 Å². The number of thioether (sulfide) groups is 1. The highest BCUT2D eigenvalue weighted by Gasteiger charge is 2.31. The zero-order valence-corrected chi connectivity index (χ0v) is 20.3. The molecule has 35 heavy (non-hydrogen) atoms. The minimum absolute atomic E-state index is 0.00662. The minimum atomic E-state index is -4.57. The molecule has 0 bridgehead atoms. The Morgan fingerprint density at radius 2 is 1.71 bits per heavy atom. The number of carbonyl (C=O) groups excluding carboxylic acids is 1. The molecule has 0 saturated carbocycles. The summed E-state index contributed by atoms with van der Waals surface area (Å²) in [6.45, 7) is 1.61. The Kier molecular flexibility index (Phi) is 7.34. The van der Waals surface area contributed by atoms with Crippen LogP contribution >= 0.6 is 35.0 Å². The third-order valence-electron chi connectivity index (χ3n) is 4.86. The summed E-state index contributed by atoms with van der Waals surface area (Å²) in [6.07, 6.45) is -1.32. The molecule has 180 valence electrons. The fourth-order valence-corrected chi connectivity index (χ4v) is 4.26. The second-order valence-electron chi connectivity index (χ2n) is 7.30. The summed E-state index contributed by atoms with van der Waals surface area (Å²) < 4.78 is 41.0. The summed E-state index contributed by atoms with van der Waals surface area (Å²) in [5.74, 6) is -0.0295. The van der Waals surface area contributed by atoms with Gasteiger partial charge in [0, 0.05) is 28.7 Å². The maximum absolute atomic E-state index is 13.1. The van der Waals surface area contributed by atoms with Gasteiger partial charge in [-0.05, 0) is 61.5 Å². The van der Waals surface area contributed by atoms with Crippen molar-refractivity contribution in [3.8, 4) is 17.1 Å². The van der Waals surface area contributed by atoms with Crippen LogP contribution < -0.4 is 5.32 Å². The zero-order valence-electron chi connectivity index (χ0n) is 17.9. The van der Waals surface area contributed by atoms with Crippen molar-refractivity contribution in [3.05, 3.63) is 82.6 Å². The Hall–Kier alpha value is -3.08. The highest BCUT2D eigenvalue weighted by Crippen LogP contribution is 2.35. The van der Waals surface area contributed by atoms with Gasteiger partial charge in [0.1, 0.15) is 0 Å². The number of nitrogens with zero attached hydrogens (tertiary/aromatic N) is 4. The first-order chi connectivity index (χ1) is 16.6. The van der Waals surface area contributed by atoms with E-state index in [1.807, 2.05) is 0 Å². The summed E-state index contributed by atoms with van der Waals surface area (Å²) in [6, 6.07) is 13.3. The van der Waals surface area contributed by atoms with Gasteiger partial charge in [0.2, 0.25) is 5.91 Å². The lowest BCUT2D eigenvalue weighted by molar-refractivity contribution is -0.137. The van der Waals surface area contributed by atoms with E-state index < -0.39 is 22.9 Å². The number of anilines is 1. The van der Waals surface area contributed by atoms with E-state index in [-0.39, 0.29) is 10.7 Å². The molecule has 0 aliphatic heterocycles. The van der Waals surface area contributed by atoms with E-state index in [0.717, 1.165) is 35.5 Å². The number of hydrogen-bond acceptors (Lipinski definition) is 5. The van der Waals surface area contributed by atoms with E-state index in [0.29, 0.717) is 21.7 Å². The highest BCUT2D eigenvalue weighted by atomic mass is 35.5. The molecule has 1 atom stereocenters. The van der Waals surface area contributed by atoms with E-state index in [4.69, 9.17) is 23.2 Å². The molecule has 1 N–H and O–H groups in total. The first kappa shape index (κ1) is 25.0. The van der Waals surface area contributed by atoms with Crippen LogP contribution in [-0.4, -0.2) is 30.9 Å². The molecule has 1 unspecified atom stereocenters. The molecule has 0 aliphatic rings. The van der Waals surface area contributed by atoms with Crippen molar-refractivity contribution in [2.24, 2.45) is 0 Å². The maximum atomic E-state index is 13.1. The predicted octanol–water partition coefficient (Wildman–Crippen LogP) is 6.77. The number of pyridine rings is 1. The van der Waals surface area contributed by atoms with Gasteiger partial charge in [-0.25, -0.2) is 0 Å². The molecule has 2 aromatic carbocycles. The number of carbonyl (C=O) groups is 1. The number of amides is 1. The minimum Gasteiger partial charge on any atom is -0.324 e. The average molecular weight is 538 g/mol. The lowest BCUT2D eigenvalue weighted by Crippen LogP contribution is -2.23. The van der Waals surface area contributed by atoms with Gasteiger partial charge in [-0.2, -0.15) is 13.2 Å². The van der Waals surface area contributed by atoms with Crippen molar-refractivity contribution in [1.82, 2.24) is 19.7 Å². The number of nitrogens with one attached hydrogen (secondary N) is 1. The second-order valence-corrected chi connectivity index (χ2v) is 9.45. The quantitative estimate of drug-likeness (QED) is 0.274. The summed E-state index contributed by atoms with van der Waals surface area (Å²) in [5.41, 5.74) is 0.418. The summed E-state index contributed by atoms with van der Waals surface area (Å²) in [7, 11) is 0. The van der Waals surface area contributed by atoms with Gasteiger partial charge in [0.15, 0.2) is 11.0 Å². The monoisotopic (exact) mass is 537 g/mol. The van der Waals surface area contributed by atoms with Gasteiger partial charge in [-0.3, -0.25) is 14.3 Å². The van der Waals surface area contributed by atoms with Crippen LogP contribution in [0.2, 0.25) is 10.0 Å². The fourth-order valence-electron chi connectivity index (χ4n) is 3.10. The molecule has 2 heterocycles. The Bertz CT molecular complexity index is 1350. The fraction of sp³-hybridized carbons (Fsp3) is 0.130. The van der Waals surface area contributed by atoms with Crippen LogP contribution in [0, 0.1) is 0 Å². The van der Waals surface area contributed by atoms with Crippen molar-refractivity contribution < 1.29 is 18.0 Å². The van der Waals surface area contributed by atoms with E-state index >= 15 is 0 Å². The summed E-state index contributed by atoms with van der Waals surface area (Å²) in [4.78, 5) is 16.9. The first-order valence-electron chi connectivity index (χ1n) is 10.1. The van der Waals surface area contributed by atoms with Gasteiger partial charge in [-0.15, -0.1) is 10.2 Å². The second kappa shape index (κ2) is 10.3. The van der Waals surface area contributed by atoms with Crippen molar-refractivity contribution in [3.63, 3.8) is 0 Å². The van der Waals surface area contributed by atoms with Crippen molar-refractivity contribution in [1.29, 1.82) is 0 Å². The summed E-state index contributed by atoms with van der Waals surface area (Å²) in [5, 5.41) is 11.2. The van der Waals surface area contributed by atoms with Crippen LogP contribution in [0.15, 0.2) is 72.1 Å². The van der Waals surface area contributed by atoms with Crippen LogP contribution in [0.25, 0.3) is 17.1 Å². The van der Waals surface area contributed by atoms with Gasteiger partial charge in [0.25, 0.3) is 0 Å². The largest absolute Gasteiger partial charge is 0.416 e. The lowest BCUT2D eigenvalue weighted by atomic mass is 10.2. The van der Waals surface area contributed by atoms with Crippen molar-refractivity contribution in [2.75, 3.05) is 5.32 Å². The highest BCUT2D eigenvalue weighted by molar-refractivity contribution is 8.00. The predicted molar refractivity (Wildman–Crippen MR) is 130 cm³/mol. The SMILES string of the molecule is CC(Sc1nnc(-c2ccncc2)n1-c1ccc(Cl)cc1)C(=O)Nc1cc(C(F)(F)F)ccc1Cl. The number of hydrogen-bond donors (Lipinski definition) is 1. The van der Waals surface area contributed by atoms with Gasteiger partial charge >= 0.3 is 6.18 Å². The molecular weight excluding hydrogens is 522 g/mol. The van der Waals surface area contributed by atoms with E-state index in [2.05, 4.69) is 20.5 Å². The third-order valence-corrected chi connectivity index (χ3v) is 6.48. The number of rotatable bonds is 6. The van der Waals surface area contributed by atoms with Crippen molar-refractivity contribution in [2.45, 2.75) is 23.5 Å². The topological polar surface area (TPSA) is 72.7 Å². The molecule has 0 spiro atoms. The Morgan fingerprint density at radius 1 is 1.03 bits per heavy atom. The molecule has 4 rings (SSSR count). The van der Waals surface area contributed by atoms with Gasteiger partial charge in [-0.1, -0.05) is 35.0 Å². The molecule has 4 aromatic rings. The van der Waals surface area contributed by atoms with Crippen molar-refractivity contribution >= 4 is 46.6 Å². The smallest absolute Gasteiger partial charge is 0.324 e. The van der Waals surface area contributed by atoms with Crippen LogP contribution in [0.1, 0.15) is 12.5 Å². The normalized spacial score (nSPS) is 12.4. The Morgan fingerprint density at radius 3 is 2.37 bits per heavy atom. The summed E-state index contributed by atoms with van der Waals surface area (Å²) >= 11 is 13.1. The number of aromatic nitrogens is 4. The van der Waals surface area contributed by atoms with Gasteiger partial charge < -0.3 is 5.32 Å². The molecule has 0 fully saturated rings. The van der Waals surface area contributed by atoms with Crippen LogP contribution in [-0.2, 0) is 11.0 Å². The maximum Gasteiger partial charge on any atom is 0.416 e. The molecule has 1 amide bonds. The zero-order chi connectivity index (χ0) is 25.2. The Balaban J connectivity index is 1.62. The Labute approximate surface area is 212 Å². The van der Waals surface area contributed by atoms with E-state index in [9.17, 15) is 18.0 Å². The molecular formula is C23H16Cl2F3N5OS. The molecule has 0 saturated heterocycles. The first-order valence-corrected chi connectivity index (χ1v) is 11.7. The lowest BCUT2D eigenvalue weighted by Gasteiger charge is -2.15. The van der Waals surface area contributed by atoms with Crippen LogP contribution in [0.4, 0.5) is 18.9 Å². The van der Waals surface area contributed by atoms with Crippen LogP contribution in [0.3, 0.4) is 0 Å². The molecule has 0 radical (unpaired) electrons. The average Bonchev–Trinajstić information content (AvgIpc) is 3.24. The van der Waals surface area contributed by atoms with E-state index in [1.54, 1.807) is 60.3 Å². The number of halogens is 5. The number of benzene rings is 2.